The second kappa shape index (κ2) is 8.24. The molecular weight excluding hydrogens is 430 g/mol. The molecule has 2 aromatic carbocycles. The topological polar surface area (TPSA) is 72.5 Å². The predicted molar refractivity (Wildman–Crippen MR) is 126 cm³/mol. The van der Waals surface area contributed by atoms with E-state index in [1.165, 1.54) is 9.58 Å². The van der Waals surface area contributed by atoms with Crippen molar-refractivity contribution in [1.82, 2.24) is 9.58 Å². The Morgan fingerprint density at radius 1 is 1.06 bits per heavy atom. The van der Waals surface area contributed by atoms with E-state index in [-0.39, 0.29) is 29.1 Å². The van der Waals surface area contributed by atoms with E-state index in [9.17, 15) is 14.4 Å². The van der Waals surface area contributed by atoms with Gasteiger partial charge in [0.25, 0.3) is 17.5 Å². The maximum absolute atomic E-state index is 14.0. The molecule has 0 saturated heterocycles. The van der Waals surface area contributed by atoms with Gasteiger partial charge in [0.2, 0.25) is 17.1 Å². The lowest BCUT2D eigenvalue weighted by Crippen LogP contribution is -2.61. The average molecular weight is 468 g/mol. The van der Waals surface area contributed by atoms with Crippen LogP contribution in [-0.2, 0) is 4.79 Å². The molecule has 2 aliphatic heterocycles. The molecule has 0 radical (unpaired) electrons. The van der Waals surface area contributed by atoms with Crippen LogP contribution in [0.3, 0.4) is 0 Å². The van der Waals surface area contributed by atoms with E-state index in [0.717, 1.165) is 10.9 Å². The number of esters is 1. The molecule has 0 bridgehead atoms. The van der Waals surface area contributed by atoms with E-state index in [1.54, 1.807) is 27.7 Å². The summed E-state index contributed by atoms with van der Waals surface area (Å²) in [5.74, 6) is -4.02. The number of ether oxygens (including phenoxy) is 1. The summed E-state index contributed by atoms with van der Waals surface area (Å²) in [5, 5.41) is 0. The zero-order chi connectivity index (χ0) is 32.0. The van der Waals surface area contributed by atoms with Crippen molar-refractivity contribution in [3.63, 3.8) is 0 Å². The molecule has 34 heavy (non-hydrogen) atoms. The fraction of sp³-hybridized carbons (Fsp3) is 0.333. The van der Waals surface area contributed by atoms with Crippen LogP contribution in [0.1, 0.15) is 73.6 Å². The molecule has 0 aliphatic carbocycles. The molecule has 3 heterocycles. The van der Waals surface area contributed by atoms with Crippen LogP contribution in [0.2, 0.25) is 0 Å². The van der Waals surface area contributed by atoms with E-state index in [1.807, 2.05) is 0 Å². The second-order valence-corrected chi connectivity index (χ2v) is 8.83. The first-order chi connectivity index (χ1) is 20.0. The van der Waals surface area contributed by atoms with Gasteiger partial charge in [-0.3, -0.25) is 14.4 Å². The number of fused-ring (bicyclic) bond motifs is 2. The first-order valence-electron chi connectivity index (χ1n) is 15.4. The highest BCUT2D eigenvalue weighted by Crippen LogP contribution is 2.43. The highest BCUT2D eigenvalue weighted by atomic mass is 16.5. The van der Waals surface area contributed by atoms with E-state index in [0.29, 0.717) is 0 Å². The van der Waals surface area contributed by atoms with Crippen molar-refractivity contribution in [1.29, 1.82) is 0 Å². The molecule has 0 N–H and O–H groups in total. The SMILES string of the molecule is [2H]c1c([2H])c([2H])c(C2c3c([2H])c([2H])c([2H])c([2H])c3-[n+]3cc(=O)c(OC(=O)C(C)C)c4n3[C@@H]2CN(C(C)C)C4=O)c([2H])c1[2H]. The van der Waals surface area contributed by atoms with Crippen LogP contribution in [0.4, 0.5) is 0 Å². The minimum Gasteiger partial charge on any atom is -0.419 e. The minimum atomic E-state index is -1.31. The van der Waals surface area contributed by atoms with Gasteiger partial charge in [-0.25, -0.2) is 0 Å². The molecular formula is C27H28N3O4+. The third-order valence-corrected chi connectivity index (χ3v) is 6.05. The Bertz CT molecular complexity index is 1790. The van der Waals surface area contributed by atoms with Crippen molar-refractivity contribution in [3.05, 3.63) is 87.6 Å². The Morgan fingerprint density at radius 2 is 1.74 bits per heavy atom. The van der Waals surface area contributed by atoms with Gasteiger partial charge in [0.15, 0.2) is 0 Å². The van der Waals surface area contributed by atoms with Gasteiger partial charge in [0, 0.05) is 30.1 Å². The molecule has 1 aromatic heterocycles. The molecule has 174 valence electrons. The number of amides is 1. The summed E-state index contributed by atoms with van der Waals surface area (Å²) in [5.41, 5.74) is -1.82. The first kappa shape index (κ1) is 13.8. The maximum Gasteiger partial charge on any atom is 0.313 e. The number of para-hydroxylation sites is 1. The van der Waals surface area contributed by atoms with E-state index >= 15 is 0 Å². The van der Waals surface area contributed by atoms with Crippen molar-refractivity contribution in [2.45, 2.75) is 45.7 Å². The van der Waals surface area contributed by atoms with E-state index in [2.05, 4.69) is 0 Å². The molecule has 1 unspecified atom stereocenters. The van der Waals surface area contributed by atoms with Gasteiger partial charge in [-0.15, -0.1) is 4.68 Å². The van der Waals surface area contributed by atoms with E-state index in [4.69, 9.17) is 17.1 Å². The maximum atomic E-state index is 14.0. The van der Waals surface area contributed by atoms with Crippen molar-refractivity contribution in [2.75, 3.05) is 6.54 Å². The lowest BCUT2D eigenvalue weighted by Gasteiger charge is -2.41. The zero-order valence-corrected chi connectivity index (χ0v) is 19.1. The number of carbonyl (C=O) groups excluding carboxylic acids is 2. The summed E-state index contributed by atoms with van der Waals surface area (Å²) in [6, 6.07) is -6.96. The summed E-state index contributed by atoms with van der Waals surface area (Å²) in [7, 11) is 0. The average Bonchev–Trinajstić information content (AvgIpc) is 2.95. The van der Waals surface area contributed by atoms with Crippen molar-refractivity contribution >= 4 is 11.9 Å². The highest BCUT2D eigenvalue weighted by Gasteiger charge is 2.49. The summed E-state index contributed by atoms with van der Waals surface area (Å²) >= 11 is 0. The van der Waals surface area contributed by atoms with Crippen LogP contribution >= 0.6 is 0 Å². The smallest absolute Gasteiger partial charge is 0.313 e. The van der Waals surface area contributed by atoms with Gasteiger partial charge in [0.1, 0.15) is 6.04 Å². The Kier molecular flexibility index (Phi) is 3.35. The van der Waals surface area contributed by atoms with Crippen LogP contribution in [0.25, 0.3) is 5.69 Å². The van der Waals surface area contributed by atoms with Gasteiger partial charge in [-0.2, -0.15) is 0 Å². The number of hydrogen-bond donors (Lipinski definition) is 0. The second-order valence-electron chi connectivity index (χ2n) is 8.83. The monoisotopic (exact) mass is 467 g/mol. The van der Waals surface area contributed by atoms with Crippen LogP contribution in [0.5, 0.6) is 5.75 Å². The number of benzene rings is 2. The molecule has 3 aromatic rings. The van der Waals surface area contributed by atoms with Crippen LogP contribution in [0, 0.1) is 5.92 Å². The third-order valence-electron chi connectivity index (χ3n) is 6.05. The Hall–Kier alpha value is -3.74. The molecule has 0 spiro atoms. The van der Waals surface area contributed by atoms with Crippen LogP contribution in [-0.4, -0.2) is 34.0 Å². The minimum absolute atomic E-state index is 0.102. The van der Waals surface area contributed by atoms with Gasteiger partial charge in [-0.05, 0) is 19.4 Å². The predicted octanol–water partition coefficient (Wildman–Crippen LogP) is 3.24. The largest absolute Gasteiger partial charge is 0.419 e. The number of carbonyl (C=O) groups is 2. The number of aromatic nitrogens is 2. The zero-order valence-electron chi connectivity index (χ0n) is 28.1. The third kappa shape index (κ3) is 3.34. The Morgan fingerprint density at radius 3 is 2.41 bits per heavy atom. The molecule has 1 amide bonds. The summed E-state index contributed by atoms with van der Waals surface area (Å²) in [6.07, 6.45) is 0.968. The standard InChI is InChI=1S/C27H28N3O4/c1-16(2)27(33)34-25-22(31)15-29-20-13-9-8-12-19(20)23(18-10-6-5-7-11-18)21-14-28(17(3)4)26(32)24(25)30(21)29/h5-13,15-17,21,23H,14H2,1-4H3/q+1/t21-,23?/m1/s1/i5D,6D,7D,8D,9D,10D,11D,12D,13D. The van der Waals surface area contributed by atoms with Crippen molar-refractivity contribution in [2.24, 2.45) is 5.92 Å². The molecule has 2 atom stereocenters. The normalized spacial score (nSPS) is 22.4. The fourth-order valence-electron chi connectivity index (χ4n) is 4.43. The van der Waals surface area contributed by atoms with Crippen LogP contribution < -0.4 is 14.8 Å². The van der Waals surface area contributed by atoms with Crippen LogP contribution in [0.15, 0.2) is 65.4 Å². The quantitative estimate of drug-likeness (QED) is 0.436. The van der Waals surface area contributed by atoms with E-state index < -0.39 is 101 Å². The summed E-state index contributed by atoms with van der Waals surface area (Å²) in [6.45, 7) is 6.39. The highest BCUT2D eigenvalue weighted by molar-refractivity contribution is 5.96. The molecule has 7 nitrogen and oxygen atoms in total. The number of nitrogens with zero attached hydrogens (tertiary/aromatic N) is 3. The Labute approximate surface area is 210 Å². The first-order valence-corrected chi connectivity index (χ1v) is 10.9. The molecule has 0 fully saturated rings. The summed E-state index contributed by atoms with van der Waals surface area (Å²) in [4.78, 5) is 41.6. The molecule has 7 heteroatoms. The lowest BCUT2D eigenvalue weighted by molar-refractivity contribution is -0.699. The van der Waals surface area contributed by atoms with Gasteiger partial charge in [0.05, 0.1) is 18.3 Å². The Balaban J connectivity index is 2.02. The number of hydrogen-bond acceptors (Lipinski definition) is 4. The number of rotatable bonds is 4. The fourth-order valence-corrected chi connectivity index (χ4v) is 4.43. The summed E-state index contributed by atoms with van der Waals surface area (Å²) < 4.78 is 84.5. The van der Waals surface area contributed by atoms with Gasteiger partial charge in [-0.1, -0.05) is 66.9 Å². The lowest BCUT2D eigenvalue weighted by atomic mass is 9.81. The van der Waals surface area contributed by atoms with Gasteiger partial charge >= 0.3 is 5.97 Å². The molecule has 0 saturated carbocycles. The van der Waals surface area contributed by atoms with Crippen molar-refractivity contribution in [3.8, 4) is 11.4 Å². The van der Waals surface area contributed by atoms with Gasteiger partial charge < -0.3 is 9.64 Å². The molecule has 5 rings (SSSR count). The van der Waals surface area contributed by atoms with Crippen molar-refractivity contribution < 1.29 is 31.3 Å². The molecule has 2 aliphatic rings.